The lowest BCUT2D eigenvalue weighted by atomic mass is 10.2. The van der Waals surface area contributed by atoms with Crippen LogP contribution in [0.4, 0.5) is 0 Å². The predicted octanol–water partition coefficient (Wildman–Crippen LogP) is 4.38. The minimum absolute atomic E-state index is 0.457. The van der Waals surface area contributed by atoms with Crippen molar-refractivity contribution in [1.29, 1.82) is 0 Å². The first-order valence-corrected chi connectivity index (χ1v) is 10.0. The van der Waals surface area contributed by atoms with Crippen LogP contribution in [0.1, 0.15) is 21.0 Å². The Balaban J connectivity index is 1.52. The van der Waals surface area contributed by atoms with Crippen molar-refractivity contribution < 1.29 is 14.2 Å². The quantitative estimate of drug-likeness (QED) is 0.514. The molecule has 0 aliphatic rings. The molecular weight excluding hydrogens is 372 g/mol. The summed E-state index contributed by atoms with van der Waals surface area (Å²) in [4.78, 5) is 5.64. The van der Waals surface area contributed by atoms with Crippen LogP contribution < -0.4 is 19.5 Å². The number of thiazole rings is 1. The topological polar surface area (TPSA) is 52.6 Å². The molecule has 0 saturated heterocycles. The minimum Gasteiger partial charge on any atom is -0.497 e. The van der Waals surface area contributed by atoms with E-state index in [-0.39, 0.29) is 0 Å². The maximum absolute atomic E-state index is 5.95. The molecule has 1 aromatic heterocycles. The third kappa shape index (κ3) is 5.71. The van der Waals surface area contributed by atoms with Gasteiger partial charge in [-0.3, -0.25) is 0 Å². The summed E-state index contributed by atoms with van der Waals surface area (Å²) in [5.41, 5.74) is 2.20. The Morgan fingerprint density at radius 1 is 1.00 bits per heavy atom. The molecule has 148 valence electrons. The minimum atomic E-state index is 0.457. The molecule has 2 aromatic carbocycles. The lowest BCUT2D eigenvalue weighted by Crippen LogP contribution is -2.16. The van der Waals surface area contributed by atoms with E-state index in [1.807, 2.05) is 42.6 Å². The molecule has 0 fully saturated rings. The molecule has 5 nitrogen and oxygen atoms in total. The zero-order chi connectivity index (χ0) is 19.8. The highest BCUT2D eigenvalue weighted by atomic mass is 32.1. The second-order valence-corrected chi connectivity index (χ2v) is 7.74. The molecular formula is C22H26N2O3S. The van der Waals surface area contributed by atoms with Gasteiger partial charge in [0.2, 0.25) is 0 Å². The number of hydrogen-bond acceptors (Lipinski definition) is 6. The molecule has 0 radical (unpaired) electrons. The molecule has 3 rings (SSSR count). The average molecular weight is 399 g/mol. The van der Waals surface area contributed by atoms with Crippen molar-refractivity contribution in [1.82, 2.24) is 10.3 Å². The van der Waals surface area contributed by atoms with Gasteiger partial charge in [-0.1, -0.05) is 18.2 Å². The van der Waals surface area contributed by atoms with Crippen molar-refractivity contribution >= 4 is 11.3 Å². The monoisotopic (exact) mass is 398 g/mol. The number of methoxy groups -OCH3 is 2. The van der Waals surface area contributed by atoms with E-state index in [4.69, 9.17) is 14.2 Å². The van der Waals surface area contributed by atoms with Gasteiger partial charge in [0, 0.05) is 30.6 Å². The Kier molecular flexibility index (Phi) is 7.28. The number of hydrogen-bond donors (Lipinski definition) is 1. The van der Waals surface area contributed by atoms with E-state index in [0.717, 1.165) is 47.9 Å². The summed E-state index contributed by atoms with van der Waals surface area (Å²) in [6.45, 7) is 4.21. The number of nitrogens with zero attached hydrogens (tertiary/aromatic N) is 1. The van der Waals surface area contributed by atoms with E-state index in [1.165, 1.54) is 9.88 Å². The number of nitrogens with one attached hydrogen (secondary N) is 1. The molecule has 0 atom stereocenters. The fourth-order valence-corrected chi connectivity index (χ4v) is 3.60. The van der Waals surface area contributed by atoms with Gasteiger partial charge < -0.3 is 19.5 Å². The maximum atomic E-state index is 5.95. The van der Waals surface area contributed by atoms with Crippen molar-refractivity contribution in [2.45, 2.75) is 26.5 Å². The molecule has 6 heteroatoms. The molecule has 0 unspecified atom stereocenters. The van der Waals surface area contributed by atoms with Gasteiger partial charge in [0.1, 0.15) is 12.4 Å². The highest BCUT2D eigenvalue weighted by molar-refractivity contribution is 7.11. The van der Waals surface area contributed by atoms with Crippen LogP contribution in [-0.4, -0.2) is 25.7 Å². The van der Waals surface area contributed by atoms with Gasteiger partial charge in [0.25, 0.3) is 0 Å². The highest BCUT2D eigenvalue weighted by Gasteiger charge is 2.07. The van der Waals surface area contributed by atoms with Crippen molar-refractivity contribution in [2.75, 3.05) is 20.8 Å². The molecule has 3 aromatic rings. The number of ether oxygens (including phenoxy) is 3. The number of rotatable bonds is 10. The van der Waals surface area contributed by atoms with Gasteiger partial charge in [0.05, 0.1) is 19.2 Å². The lowest BCUT2D eigenvalue weighted by Gasteiger charge is -2.13. The fourth-order valence-electron chi connectivity index (χ4n) is 2.81. The first-order chi connectivity index (χ1) is 13.7. The van der Waals surface area contributed by atoms with Crippen molar-refractivity contribution in [3.8, 4) is 17.2 Å². The Bertz CT molecular complexity index is 895. The first kappa shape index (κ1) is 20.2. The van der Waals surface area contributed by atoms with Gasteiger partial charge in [-0.05, 0) is 42.3 Å². The van der Waals surface area contributed by atoms with Crippen LogP contribution in [0, 0.1) is 6.92 Å². The van der Waals surface area contributed by atoms with Crippen LogP contribution in [0.5, 0.6) is 17.2 Å². The molecule has 28 heavy (non-hydrogen) atoms. The van der Waals surface area contributed by atoms with E-state index in [0.29, 0.717) is 6.61 Å². The van der Waals surface area contributed by atoms with Crippen LogP contribution in [0.15, 0.2) is 48.7 Å². The molecule has 1 heterocycles. The zero-order valence-corrected chi connectivity index (χ0v) is 17.3. The van der Waals surface area contributed by atoms with Crippen LogP contribution in [0.3, 0.4) is 0 Å². The summed E-state index contributed by atoms with van der Waals surface area (Å²) >= 11 is 1.75. The van der Waals surface area contributed by atoms with Crippen LogP contribution in [0.2, 0.25) is 0 Å². The average Bonchev–Trinajstić information content (AvgIpc) is 3.15. The fraction of sp³-hybridized carbons (Fsp3) is 0.318. The Morgan fingerprint density at radius 3 is 2.64 bits per heavy atom. The molecule has 0 spiro atoms. The molecule has 1 N–H and O–H groups in total. The predicted molar refractivity (Wildman–Crippen MR) is 113 cm³/mol. The van der Waals surface area contributed by atoms with E-state index in [2.05, 4.69) is 23.3 Å². The standard InChI is InChI=1S/C22H26N2O3S/c1-16-13-24-22(28-16)9-10-23-14-17-7-8-20(21(12-17)26-3)27-15-18-5-4-6-19(11-18)25-2/h4-8,11-13,23H,9-10,14-15H2,1-3H3. The smallest absolute Gasteiger partial charge is 0.161 e. The van der Waals surface area contributed by atoms with Crippen molar-refractivity contribution in [3.05, 3.63) is 69.7 Å². The second kappa shape index (κ2) is 10.1. The number of aryl methyl sites for hydroxylation is 1. The number of aromatic nitrogens is 1. The van der Waals surface area contributed by atoms with E-state index in [9.17, 15) is 0 Å². The van der Waals surface area contributed by atoms with Gasteiger partial charge in [-0.2, -0.15) is 0 Å². The summed E-state index contributed by atoms with van der Waals surface area (Å²) in [7, 11) is 3.32. The molecule has 0 aliphatic heterocycles. The van der Waals surface area contributed by atoms with E-state index in [1.54, 1.807) is 25.6 Å². The van der Waals surface area contributed by atoms with Gasteiger partial charge in [-0.25, -0.2) is 4.98 Å². The second-order valence-electron chi connectivity index (χ2n) is 6.42. The number of benzene rings is 2. The summed E-state index contributed by atoms with van der Waals surface area (Å²) in [6.07, 6.45) is 2.87. The van der Waals surface area contributed by atoms with Gasteiger partial charge in [0.15, 0.2) is 11.5 Å². The third-order valence-corrected chi connectivity index (χ3v) is 5.24. The zero-order valence-electron chi connectivity index (χ0n) is 16.5. The summed E-state index contributed by atoms with van der Waals surface area (Å²) in [6, 6.07) is 13.9. The summed E-state index contributed by atoms with van der Waals surface area (Å²) < 4.78 is 16.7. The lowest BCUT2D eigenvalue weighted by molar-refractivity contribution is 0.283. The highest BCUT2D eigenvalue weighted by Crippen LogP contribution is 2.29. The van der Waals surface area contributed by atoms with E-state index >= 15 is 0 Å². The normalized spacial score (nSPS) is 10.7. The van der Waals surface area contributed by atoms with Gasteiger partial charge in [-0.15, -0.1) is 11.3 Å². The maximum Gasteiger partial charge on any atom is 0.161 e. The Labute approximate surface area is 170 Å². The largest absolute Gasteiger partial charge is 0.497 e. The summed E-state index contributed by atoms with van der Waals surface area (Å²) in [5, 5.41) is 4.63. The van der Waals surface area contributed by atoms with Crippen LogP contribution in [-0.2, 0) is 19.6 Å². The summed E-state index contributed by atoms with van der Waals surface area (Å²) in [5.74, 6) is 2.28. The van der Waals surface area contributed by atoms with Gasteiger partial charge >= 0.3 is 0 Å². The Morgan fingerprint density at radius 2 is 1.89 bits per heavy atom. The molecule has 0 bridgehead atoms. The third-order valence-electron chi connectivity index (χ3n) is 4.27. The van der Waals surface area contributed by atoms with Crippen LogP contribution >= 0.6 is 11.3 Å². The molecule has 0 aliphatic carbocycles. The molecule has 0 amide bonds. The van der Waals surface area contributed by atoms with Crippen molar-refractivity contribution in [2.24, 2.45) is 0 Å². The van der Waals surface area contributed by atoms with E-state index < -0.39 is 0 Å². The SMILES string of the molecule is COc1cccc(COc2ccc(CNCCc3ncc(C)s3)cc2OC)c1. The first-order valence-electron chi connectivity index (χ1n) is 9.22. The van der Waals surface area contributed by atoms with Crippen LogP contribution in [0.25, 0.3) is 0 Å². The Hall–Kier alpha value is -2.57. The van der Waals surface area contributed by atoms with Crippen molar-refractivity contribution in [3.63, 3.8) is 0 Å². The molecule has 0 saturated carbocycles.